The zero-order valence-electron chi connectivity index (χ0n) is 8.19. The predicted octanol–water partition coefficient (Wildman–Crippen LogP) is 1.84. The molecular weight excluding hydrogens is 212 g/mol. The summed E-state index contributed by atoms with van der Waals surface area (Å²) in [5.41, 5.74) is 2.04. The van der Waals surface area contributed by atoms with E-state index >= 15 is 0 Å². The quantitative estimate of drug-likeness (QED) is 0.732. The lowest BCUT2D eigenvalue weighted by Crippen LogP contribution is -2.17. The zero-order chi connectivity index (χ0) is 10.7. The van der Waals surface area contributed by atoms with Gasteiger partial charge in [-0.25, -0.2) is 0 Å². The highest BCUT2D eigenvalue weighted by Gasteiger charge is 2.07. The second kappa shape index (κ2) is 4.45. The van der Waals surface area contributed by atoms with Gasteiger partial charge in [0.1, 0.15) is 0 Å². The van der Waals surface area contributed by atoms with Crippen LogP contribution in [0, 0.1) is 0 Å². The first-order valence-electron chi connectivity index (χ1n) is 4.79. The number of aliphatic imine (C=N–C) groups is 1. The molecule has 1 aromatic rings. The second-order valence-electron chi connectivity index (χ2n) is 3.41. The minimum Gasteiger partial charge on any atom is -0.331 e. The minimum absolute atomic E-state index is 0.288. The van der Waals surface area contributed by atoms with Gasteiger partial charge in [0.25, 0.3) is 0 Å². The van der Waals surface area contributed by atoms with Gasteiger partial charge in [0, 0.05) is 18.7 Å². The Morgan fingerprint density at radius 2 is 2.13 bits per heavy atom. The SMILES string of the molecule is O=C(Cl)Cc1ccc(N2C=NCC2)cc1. The summed E-state index contributed by atoms with van der Waals surface area (Å²) in [7, 11) is 0. The largest absolute Gasteiger partial charge is 0.331 e. The number of rotatable bonds is 3. The highest BCUT2D eigenvalue weighted by atomic mass is 35.5. The van der Waals surface area contributed by atoms with Crippen LogP contribution in [0.15, 0.2) is 29.3 Å². The molecule has 2 rings (SSSR count). The third-order valence-corrected chi connectivity index (χ3v) is 2.44. The molecule has 0 radical (unpaired) electrons. The van der Waals surface area contributed by atoms with E-state index in [9.17, 15) is 4.79 Å². The lowest BCUT2D eigenvalue weighted by molar-refractivity contribution is -0.111. The first-order valence-corrected chi connectivity index (χ1v) is 5.17. The van der Waals surface area contributed by atoms with Crippen molar-refractivity contribution in [2.75, 3.05) is 18.0 Å². The van der Waals surface area contributed by atoms with Crippen LogP contribution in [0.25, 0.3) is 0 Å². The van der Waals surface area contributed by atoms with Crippen LogP contribution in [0.3, 0.4) is 0 Å². The number of hydrogen-bond acceptors (Lipinski definition) is 3. The fraction of sp³-hybridized carbons (Fsp3) is 0.273. The maximum absolute atomic E-state index is 10.7. The number of benzene rings is 1. The van der Waals surface area contributed by atoms with Gasteiger partial charge in [0.15, 0.2) is 0 Å². The third kappa shape index (κ3) is 2.57. The van der Waals surface area contributed by atoms with Gasteiger partial charge in [-0.3, -0.25) is 9.79 Å². The first-order chi connectivity index (χ1) is 7.25. The smallest absolute Gasteiger partial charge is 0.226 e. The van der Waals surface area contributed by atoms with E-state index in [-0.39, 0.29) is 11.7 Å². The van der Waals surface area contributed by atoms with E-state index in [1.54, 1.807) is 0 Å². The summed E-state index contributed by atoms with van der Waals surface area (Å²) in [5, 5.41) is -0.328. The number of carbonyl (C=O) groups is 1. The van der Waals surface area contributed by atoms with Gasteiger partial charge in [-0.1, -0.05) is 12.1 Å². The highest BCUT2D eigenvalue weighted by molar-refractivity contribution is 6.63. The lowest BCUT2D eigenvalue weighted by Gasteiger charge is -2.13. The summed E-state index contributed by atoms with van der Waals surface area (Å²) >= 11 is 5.31. The molecule has 0 spiro atoms. The van der Waals surface area contributed by atoms with E-state index in [0.717, 1.165) is 24.3 Å². The molecule has 0 saturated heterocycles. The van der Waals surface area contributed by atoms with Crippen LogP contribution in [-0.4, -0.2) is 24.7 Å². The van der Waals surface area contributed by atoms with Gasteiger partial charge < -0.3 is 4.90 Å². The summed E-state index contributed by atoms with van der Waals surface area (Å²) in [5.74, 6) is 0. The summed E-state index contributed by atoms with van der Waals surface area (Å²) in [6.07, 6.45) is 2.12. The van der Waals surface area contributed by atoms with Gasteiger partial charge in [-0.2, -0.15) is 0 Å². The van der Waals surface area contributed by atoms with Crippen LogP contribution < -0.4 is 4.90 Å². The van der Waals surface area contributed by atoms with Crippen LogP contribution >= 0.6 is 11.6 Å². The zero-order valence-corrected chi connectivity index (χ0v) is 8.94. The van der Waals surface area contributed by atoms with Crippen molar-refractivity contribution >= 4 is 28.9 Å². The molecule has 0 aliphatic carbocycles. The third-order valence-electron chi connectivity index (χ3n) is 2.30. The number of halogens is 1. The molecule has 0 N–H and O–H groups in total. The molecule has 0 atom stereocenters. The Balaban J connectivity index is 2.09. The van der Waals surface area contributed by atoms with E-state index in [4.69, 9.17) is 11.6 Å². The Labute approximate surface area is 93.4 Å². The summed E-state index contributed by atoms with van der Waals surface area (Å²) < 4.78 is 0. The number of hydrogen-bond donors (Lipinski definition) is 0. The van der Waals surface area contributed by atoms with Crippen LogP contribution in [0.5, 0.6) is 0 Å². The van der Waals surface area contributed by atoms with Crippen molar-refractivity contribution in [1.29, 1.82) is 0 Å². The molecule has 1 aliphatic heterocycles. The average molecular weight is 223 g/mol. The number of anilines is 1. The molecule has 0 amide bonds. The van der Waals surface area contributed by atoms with E-state index in [2.05, 4.69) is 9.89 Å². The molecule has 0 fully saturated rings. The van der Waals surface area contributed by atoms with Crippen molar-refractivity contribution in [3.63, 3.8) is 0 Å². The Bertz CT molecular complexity index is 386. The topological polar surface area (TPSA) is 32.7 Å². The van der Waals surface area contributed by atoms with Crippen LogP contribution in [0.4, 0.5) is 5.69 Å². The monoisotopic (exact) mass is 222 g/mol. The molecule has 3 nitrogen and oxygen atoms in total. The molecule has 78 valence electrons. The Morgan fingerprint density at radius 1 is 1.40 bits per heavy atom. The molecule has 0 unspecified atom stereocenters. The Hall–Kier alpha value is -1.35. The summed E-state index contributed by atoms with van der Waals surface area (Å²) in [6, 6.07) is 7.79. The minimum atomic E-state index is -0.328. The van der Waals surface area contributed by atoms with Crippen molar-refractivity contribution < 1.29 is 4.79 Å². The second-order valence-corrected chi connectivity index (χ2v) is 3.83. The van der Waals surface area contributed by atoms with Crippen LogP contribution in [0.1, 0.15) is 5.56 Å². The maximum Gasteiger partial charge on any atom is 0.226 e. The fourth-order valence-electron chi connectivity index (χ4n) is 1.54. The first kappa shape index (κ1) is 10.2. The van der Waals surface area contributed by atoms with Crippen LogP contribution in [-0.2, 0) is 11.2 Å². The molecule has 4 heteroatoms. The van der Waals surface area contributed by atoms with Crippen LogP contribution in [0.2, 0.25) is 0 Å². The number of nitrogens with zero attached hydrogens (tertiary/aromatic N) is 2. The standard InChI is InChI=1S/C11H11ClN2O/c12-11(15)7-9-1-3-10(4-2-9)14-6-5-13-8-14/h1-4,8H,5-7H2. The molecule has 1 heterocycles. The van der Waals surface area contributed by atoms with Crippen molar-refractivity contribution in [1.82, 2.24) is 0 Å². The highest BCUT2D eigenvalue weighted by Crippen LogP contribution is 2.16. The van der Waals surface area contributed by atoms with E-state index < -0.39 is 0 Å². The van der Waals surface area contributed by atoms with Gasteiger partial charge in [0.05, 0.1) is 12.9 Å². The summed E-state index contributed by atoms with van der Waals surface area (Å²) in [4.78, 5) is 16.9. The van der Waals surface area contributed by atoms with E-state index in [1.165, 1.54) is 0 Å². The molecule has 0 bridgehead atoms. The molecule has 1 aromatic carbocycles. The van der Waals surface area contributed by atoms with Crippen molar-refractivity contribution in [3.8, 4) is 0 Å². The molecule has 1 aliphatic rings. The van der Waals surface area contributed by atoms with Crippen molar-refractivity contribution in [2.45, 2.75) is 6.42 Å². The fourth-order valence-corrected chi connectivity index (χ4v) is 1.70. The van der Waals surface area contributed by atoms with Gasteiger partial charge in [-0.05, 0) is 29.3 Å². The lowest BCUT2D eigenvalue weighted by atomic mass is 10.1. The van der Waals surface area contributed by atoms with Crippen molar-refractivity contribution in [3.05, 3.63) is 29.8 Å². The van der Waals surface area contributed by atoms with Gasteiger partial charge in [-0.15, -0.1) is 0 Å². The Morgan fingerprint density at radius 3 is 2.67 bits per heavy atom. The van der Waals surface area contributed by atoms with E-state index in [1.807, 2.05) is 30.6 Å². The molecule has 15 heavy (non-hydrogen) atoms. The molecule has 0 saturated carbocycles. The summed E-state index contributed by atoms with van der Waals surface area (Å²) in [6.45, 7) is 1.77. The van der Waals surface area contributed by atoms with E-state index in [0.29, 0.717) is 0 Å². The van der Waals surface area contributed by atoms with Crippen molar-refractivity contribution in [2.24, 2.45) is 4.99 Å². The molecular formula is C11H11ClN2O. The molecule has 0 aromatic heterocycles. The normalized spacial score (nSPS) is 14.6. The maximum atomic E-state index is 10.7. The van der Waals surface area contributed by atoms with Gasteiger partial charge >= 0.3 is 0 Å². The number of carbonyl (C=O) groups excluding carboxylic acids is 1. The average Bonchev–Trinajstić information content (AvgIpc) is 2.71. The van der Waals surface area contributed by atoms with Gasteiger partial charge in [0.2, 0.25) is 5.24 Å². The predicted molar refractivity (Wildman–Crippen MR) is 61.7 cm³/mol. The Kier molecular flexibility index (Phi) is 3.02.